The Balaban J connectivity index is 2.41. The molecule has 0 spiro atoms. The van der Waals surface area contributed by atoms with Gasteiger partial charge in [-0.25, -0.2) is 4.79 Å². The molecule has 1 heterocycles. The van der Waals surface area contributed by atoms with Crippen molar-refractivity contribution in [3.63, 3.8) is 0 Å². The van der Waals surface area contributed by atoms with Crippen LogP contribution in [0.4, 0.5) is 13.2 Å². The molecular weight excluding hydrogens is 283 g/mol. The van der Waals surface area contributed by atoms with Crippen molar-refractivity contribution in [3.05, 3.63) is 53.9 Å². The van der Waals surface area contributed by atoms with Crippen molar-refractivity contribution in [3.8, 4) is 11.1 Å². The molecule has 110 valence electrons. The van der Waals surface area contributed by atoms with Crippen LogP contribution >= 0.6 is 0 Å². The highest BCUT2D eigenvalue weighted by Crippen LogP contribution is 2.30. The van der Waals surface area contributed by atoms with Gasteiger partial charge in [-0.1, -0.05) is 24.3 Å². The van der Waals surface area contributed by atoms with Crippen LogP contribution < -0.4 is 0 Å². The number of rotatable bonds is 3. The smallest absolute Gasteiger partial charge is 0.433 e. The van der Waals surface area contributed by atoms with Crippen molar-refractivity contribution in [1.29, 1.82) is 0 Å². The zero-order chi connectivity index (χ0) is 15.5. The first kappa shape index (κ1) is 15.0. The summed E-state index contributed by atoms with van der Waals surface area (Å²) in [5.74, 6) is -0.520. The monoisotopic (exact) mass is 295 g/mol. The number of hydrogen-bond donors (Lipinski definition) is 0. The van der Waals surface area contributed by atoms with Crippen molar-refractivity contribution in [1.82, 2.24) is 4.98 Å². The second-order valence-corrected chi connectivity index (χ2v) is 4.20. The van der Waals surface area contributed by atoms with Crippen LogP contribution in [0.3, 0.4) is 0 Å². The molecule has 0 atom stereocenters. The lowest BCUT2D eigenvalue weighted by Crippen LogP contribution is -2.08. The predicted molar refractivity (Wildman–Crippen MR) is 70.6 cm³/mol. The van der Waals surface area contributed by atoms with Crippen LogP contribution in [0.1, 0.15) is 23.0 Å². The molecule has 0 unspecified atom stereocenters. The normalized spacial score (nSPS) is 11.2. The fourth-order valence-electron chi connectivity index (χ4n) is 1.84. The minimum absolute atomic E-state index is 0.221. The molecule has 2 aromatic rings. The number of esters is 1. The van der Waals surface area contributed by atoms with Gasteiger partial charge in [0.25, 0.3) is 0 Å². The number of benzene rings is 1. The lowest BCUT2D eigenvalue weighted by molar-refractivity contribution is -0.141. The van der Waals surface area contributed by atoms with Gasteiger partial charge in [-0.05, 0) is 24.6 Å². The highest BCUT2D eigenvalue weighted by Gasteiger charge is 2.32. The predicted octanol–water partition coefficient (Wildman–Crippen LogP) is 3.94. The molecule has 1 aromatic carbocycles. The third kappa shape index (κ3) is 3.39. The van der Waals surface area contributed by atoms with Gasteiger partial charge in [0.2, 0.25) is 0 Å². The fourth-order valence-corrected chi connectivity index (χ4v) is 1.84. The summed E-state index contributed by atoms with van der Waals surface area (Å²) < 4.78 is 42.4. The van der Waals surface area contributed by atoms with E-state index in [-0.39, 0.29) is 6.61 Å². The van der Waals surface area contributed by atoms with Crippen LogP contribution in [0.25, 0.3) is 11.1 Å². The Kier molecular flexibility index (Phi) is 4.26. The van der Waals surface area contributed by atoms with E-state index in [9.17, 15) is 18.0 Å². The SMILES string of the molecule is CCOC(=O)c1ccccc1-c1ccc(C(F)(F)F)nc1. The Hall–Kier alpha value is -2.37. The summed E-state index contributed by atoms with van der Waals surface area (Å²) in [5.41, 5.74) is 0.226. The number of nitrogens with zero attached hydrogens (tertiary/aromatic N) is 1. The van der Waals surface area contributed by atoms with Gasteiger partial charge in [-0.15, -0.1) is 0 Å². The Morgan fingerprint density at radius 2 is 1.90 bits per heavy atom. The van der Waals surface area contributed by atoms with Crippen molar-refractivity contribution in [2.45, 2.75) is 13.1 Å². The first-order valence-corrected chi connectivity index (χ1v) is 6.23. The van der Waals surface area contributed by atoms with E-state index >= 15 is 0 Å². The van der Waals surface area contributed by atoms with Crippen LogP contribution in [0.5, 0.6) is 0 Å². The van der Waals surface area contributed by atoms with E-state index in [0.717, 1.165) is 12.3 Å². The van der Waals surface area contributed by atoms with Gasteiger partial charge in [0, 0.05) is 11.8 Å². The zero-order valence-electron chi connectivity index (χ0n) is 11.1. The van der Waals surface area contributed by atoms with Gasteiger partial charge in [-0.2, -0.15) is 13.2 Å². The molecule has 0 amide bonds. The molecule has 2 rings (SSSR count). The highest BCUT2D eigenvalue weighted by molar-refractivity contribution is 5.97. The molecule has 6 heteroatoms. The summed E-state index contributed by atoms with van der Waals surface area (Å²) in [5, 5.41) is 0. The summed E-state index contributed by atoms with van der Waals surface area (Å²) in [4.78, 5) is 15.2. The zero-order valence-corrected chi connectivity index (χ0v) is 11.1. The van der Waals surface area contributed by atoms with Crippen LogP contribution in [0.2, 0.25) is 0 Å². The Bertz CT molecular complexity index is 636. The maximum Gasteiger partial charge on any atom is 0.433 e. The van der Waals surface area contributed by atoms with Crippen LogP contribution in [-0.2, 0) is 10.9 Å². The summed E-state index contributed by atoms with van der Waals surface area (Å²) in [6.07, 6.45) is -3.39. The number of pyridine rings is 1. The number of hydrogen-bond acceptors (Lipinski definition) is 3. The van der Waals surface area contributed by atoms with Gasteiger partial charge in [0.1, 0.15) is 5.69 Å². The van der Waals surface area contributed by atoms with Gasteiger partial charge in [0.05, 0.1) is 12.2 Å². The van der Waals surface area contributed by atoms with E-state index in [1.165, 1.54) is 6.07 Å². The van der Waals surface area contributed by atoms with Crippen molar-refractivity contribution >= 4 is 5.97 Å². The number of carbonyl (C=O) groups is 1. The van der Waals surface area contributed by atoms with E-state index in [4.69, 9.17) is 4.74 Å². The molecule has 1 aromatic heterocycles. The first-order chi connectivity index (χ1) is 9.93. The summed E-state index contributed by atoms with van der Waals surface area (Å²) in [6.45, 7) is 1.90. The topological polar surface area (TPSA) is 39.2 Å². The van der Waals surface area contributed by atoms with Gasteiger partial charge in [0.15, 0.2) is 0 Å². The molecule has 0 aliphatic rings. The molecule has 0 aliphatic heterocycles. The van der Waals surface area contributed by atoms with Crippen LogP contribution in [-0.4, -0.2) is 17.6 Å². The van der Waals surface area contributed by atoms with Crippen LogP contribution in [0.15, 0.2) is 42.6 Å². The van der Waals surface area contributed by atoms with Crippen molar-refractivity contribution in [2.75, 3.05) is 6.61 Å². The molecule has 0 aliphatic carbocycles. The average Bonchev–Trinajstić information content (AvgIpc) is 2.47. The van der Waals surface area contributed by atoms with E-state index < -0.39 is 17.8 Å². The lowest BCUT2D eigenvalue weighted by Gasteiger charge is -2.10. The largest absolute Gasteiger partial charge is 0.462 e. The molecule has 21 heavy (non-hydrogen) atoms. The minimum Gasteiger partial charge on any atom is -0.462 e. The second kappa shape index (κ2) is 5.95. The lowest BCUT2D eigenvalue weighted by atomic mass is 10.0. The van der Waals surface area contributed by atoms with Crippen LogP contribution in [0, 0.1) is 0 Å². The molecule has 3 nitrogen and oxygen atoms in total. The molecule has 0 N–H and O–H groups in total. The molecular formula is C15H12F3NO2. The number of alkyl halides is 3. The van der Waals surface area contributed by atoms with Crippen molar-refractivity contribution < 1.29 is 22.7 Å². The first-order valence-electron chi connectivity index (χ1n) is 6.23. The minimum atomic E-state index is -4.49. The number of carbonyl (C=O) groups excluding carboxylic acids is 1. The quantitative estimate of drug-likeness (QED) is 0.805. The summed E-state index contributed by atoms with van der Waals surface area (Å²) in [7, 11) is 0. The summed E-state index contributed by atoms with van der Waals surface area (Å²) >= 11 is 0. The third-order valence-corrected chi connectivity index (χ3v) is 2.79. The van der Waals surface area contributed by atoms with Gasteiger partial charge >= 0.3 is 12.1 Å². The number of ether oxygens (including phenoxy) is 1. The molecule has 0 radical (unpaired) electrons. The van der Waals surface area contributed by atoms with Gasteiger partial charge in [-0.3, -0.25) is 4.98 Å². The Labute approximate surface area is 119 Å². The maximum absolute atomic E-state index is 12.5. The van der Waals surface area contributed by atoms with E-state index in [1.807, 2.05) is 0 Å². The third-order valence-electron chi connectivity index (χ3n) is 2.79. The molecule has 0 saturated carbocycles. The van der Waals surface area contributed by atoms with Gasteiger partial charge < -0.3 is 4.74 Å². The highest BCUT2D eigenvalue weighted by atomic mass is 19.4. The summed E-state index contributed by atoms with van der Waals surface area (Å²) in [6, 6.07) is 8.72. The molecule has 0 saturated heterocycles. The van der Waals surface area contributed by atoms with E-state index in [2.05, 4.69) is 4.98 Å². The van der Waals surface area contributed by atoms with E-state index in [1.54, 1.807) is 31.2 Å². The number of aromatic nitrogens is 1. The van der Waals surface area contributed by atoms with Crippen molar-refractivity contribution in [2.24, 2.45) is 0 Å². The Morgan fingerprint density at radius 1 is 1.19 bits per heavy atom. The molecule has 0 fully saturated rings. The molecule has 0 bridgehead atoms. The standard InChI is InChI=1S/C15H12F3NO2/c1-2-21-14(20)12-6-4-3-5-11(12)10-7-8-13(19-9-10)15(16,17)18/h3-9H,2H2,1H3. The fraction of sp³-hybridized carbons (Fsp3) is 0.200. The maximum atomic E-state index is 12.5. The Morgan fingerprint density at radius 3 is 2.48 bits per heavy atom. The second-order valence-electron chi connectivity index (χ2n) is 4.20. The van der Waals surface area contributed by atoms with E-state index in [0.29, 0.717) is 16.7 Å². The number of halogens is 3. The average molecular weight is 295 g/mol.